The monoisotopic (exact) mass is 312 g/mol. The fourth-order valence-electron chi connectivity index (χ4n) is 2.05. The van der Waals surface area contributed by atoms with Crippen LogP contribution >= 0.6 is 0 Å². The van der Waals surface area contributed by atoms with Gasteiger partial charge in [0.15, 0.2) is 5.78 Å². The first-order chi connectivity index (χ1) is 10.8. The number of carbonyl (C=O) groups excluding carboxylic acids is 1. The molecule has 2 aromatic carbocycles. The predicted octanol–water partition coefficient (Wildman–Crippen LogP) is 2.45. The van der Waals surface area contributed by atoms with Crippen LogP contribution in [0.5, 0.6) is 0 Å². The van der Waals surface area contributed by atoms with E-state index in [0.717, 1.165) is 0 Å². The number of anilines is 1. The van der Waals surface area contributed by atoms with Gasteiger partial charge in [-0.2, -0.15) is 0 Å². The SMILES string of the molecule is CC(C)(NCc1cc(C(=O)c2ccccc2)ccc1N)C(=O)O. The topological polar surface area (TPSA) is 92.4 Å². The normalized spacial score (nSPS) is 11.2. The molecule has 23 heavy (non-hydrogen) atoms. The maximum atomic E-state index is 12.5. The second-order valence-electron chi connectivity index (χ2n) is 5.89. The van der Waals surface area contributed by atoms with Crippen molar-refractivity contribution in [3.63, 3.8) is 0 Å². The number of benzene rings is 2. The highest BCUT2D eigenvalue weighted by Crippen LogP contribution is 2.18. The first-order valence-corrected chi connectivity index (χ1v) is 7.28. The van der Waals surface area contributed by atoms with E-state index >= 15 is 0 Å². The fraction of sp³-hybridized carbons (Fsp3) is 0.222. The van der Waals surface area contributed by atoms with Crippen LogP contribution in [0.3, 0.4) is 0 Å². The molecule has 0 unspecified atom stereocenters. The Morgan fingerprint density at radius 2 is 1.74 bits per heavy atom. The molecule has 4 N–H and O–H groups in total. The van der Waals surface area contributed by atoms with Crippen molar-refractivity contribution in [2.75, 3.05) is 5.73 Å². The number of hydrogen-bond acceptors (Lipinski definition) is 4. The Balaban J connectivity index is 2.23. The standard InChI is InChI=1S/C18H20N2O3/c1-18(2,17(22)23)20-11-14-10-13(8-9-15(14)19)16(21)12-6-4-3-5-7-12/h3-10,20H,11,19H2,1-2H3,(H,22,23). The third-order valence-electron chi connectivity index (χ3n) is 3.70. The van der Waals surface area contributed by atoms with E-state index in [1.165, 1.54) is 0 Å². The van der Waals surface area contributed by atoms with E-state index in [1.54, 1.807) is 44.2 Å². The third-order valence-corrected chi connectivity index (χ3v) is 3.70. The number of hydrogen-bond donors (Lipinski definition) is 3. The fourth-order valence-corrected chi connectivity index (χ4v) is 2.05. The molecule has 0 heterocycles. The van der Waals surface area contributed by atoms with Crippen molar-refractivity contribution in [3.05, 3.63) is 65.2 Å². The number of nitrogens with one attached hydrogen (secondary N) is 1. The lowest BCUT2D eigenvalue weighted by atomic mass is 9.99. The summed E-state index contributed by atoms with van der Waals surface area (Å²) in [4.78, 5) is 23.6. The van der Waals surface area contributed by atoms with Gasteiger partial charge in [-0.3, -0.25) is 14.9 Å². The zero-order chi connectivity index (χ0) is 17.0. The van der Waals surface area contributed by atoms with Gasteiger partial charge in [-0.05, 0) is 37.6 Å². The van der Waals surface area contributed by atoms with E-state index in [9.17, 15) is 9.59 Å². The van der Waals surface area contributed by atoms with Crippen LogP contribution in [0.25, 0.3) is 0 Å². The van der Waals surface area contributed by atoms with Gasteiger partial charge >= 0.3 is 5.97 Å². The minimum absolute atomic E-state index is 0.0932. The van der Waals surface area contributed by atoms with Gasteiger partial charge in [0.2, 0.25) is 0 Å². The van der Waals surface area contributed by atoms with Crippen LogP contribution in [0.2, 0.25) is 0 Å². The minimum atomic E-state index is -1.08. The summed E-state index contributed by atoms with van der Waals surface area (Å²) in [6.45, 7) is 3.41. The van der Waals surface area contributed by atoms with Crippen molar-refractivity contribution in [3.8, 4) is 0 Å². The number of ketones is 1. The summed E-state index contributed by atoms with van der Waals surface area (Å²) < 4.78 is 0. The van der Waals surface area contributed by atoms with Gasteiger partial charge in [0.25, 0.3) is 0 Å². The van der Waals surface area contributed by atoms with Crippen LogP contribution in [0.4, 0.5) is 5.69 Å². The molecule has 5 nitrogen and oxygen atoms in total. The Kier molecular flexibility index (Phi) is 4.81. The van der Waals surface area contributed by atoms with Crippen LogP contribution in [-0.4, -0.2) is 22.4 Å². The number of aliphatic carboxylic acids is 1. The van der Waals surface area contributed by atoms with E-state index in [2.05, 4.69) is 5.32 Å². The third kappa shape index (κ3) is 3.96. The molecule has 0 aliphatic rings. The summed E-state index contributed by atoms with van der Waals surface area (Å²) in [6.07, 6.45) is 0. The van der Waals surface area contributed by atoms with Crippen LogP contribution in [0.1, 0.15) is 35.3 Å². The summed E-state index contributed by atoms with van der Waals surface area (Å²) in [7, 11) is 0. The van der Waals surface area contributed by atoms with Crippen LogP contribution in [-0.2, 0) is 11.3 Å². The molecule has 0 fully saturated rings. The van der Waals surface area contributed by atoms with Gasteiger partial charge in [0.1, 0.15) is 5.54 Å². The predicted molar refractivity (Wildman–Crippen MR) is 89.3 cm³/mol. The molecule has 0 aliphatic heterocycles. The van der Waals surface area contributed by atoms with Gasteiger partial charge in [-0.15, -0.1) is 0 Å². The van der Waals surface area contributed by atoms with E-state index in [4.69, 9.17) is 10.8 Å². The molecule has 0 radical (unpaired) electrons. The Morgan fingerprint density at radius 1 is 1.09 bits per heavy atom. The first kappa shape index (κ1) is 16.7. The molecule has 0 aliphatic carbocycles. The number of rotatable bonds is 6. The van der Waals surface area contributed by atoms with Crippen molar-refractivity contribution < 1.29 is 14.7 Å². The molecule has 0 atom stereocenters. The largest absolute Gasteiger partial charge is 0.480 e. The molecule has 0 spiro atoms. The summed E-state index contributed by atoms with van der Waals surface area (Å²) in [5.41, 5.74) is 7.19. The Morgan fingerprint density at radius 3 is 2.35 bits per heavy atom. The van der Waals surface area contributed by atoms with Crippen molar-refractivity contribution in [1.29, 1.82) is 0 Å². The molecular weight excluding hydrogens is 292 g/mol. The van der Waals surface area contributed by atoms with E-state index in [0.29, 0.717) is 22.4 Å². The van der Waals surface area contributed by atoms with Crippen molar-refractivity contribution >= 4 is 17.4 Å². The molecule has 0 saturated heterocycles. The molecule has 0 bridgehead atoms. The van der Waals surface area contributed by atoms with Gasteiger partial charge in [0.05, 0.1) is 0 Å². The number of carboxylic acid groups (broad SMARTS) is 1. The summed E-state index contributed by atoms with van der Waals surface area (Å²) in [6, 6.07) is 14.0. The average molecular weight is 312 g/mol. The van der Waals surface area contributed by atoms with Gasteiger partial charge in [0, 0.05) is 23.4 Å². The molecule has 0 aromatic heterocycles. The van der Waals surface area contributed by atoms with Gasteiger partial charge in [-0.1, -0.05) is 30.3 Å². The summed E-state index contributed by atoms with van der Waals surface area (Å²) in [5, 5.41) is 12.1. The maximum absolute atomic E-state index is 12.5. The van der Waals surface area contributed by atoms with Crippen LogP contribution in [0, 0.1) is 0 Å². The van der Waals surface area contributed by atoms with Crippen LogP contribution in [0.15, 0.2) is 48.5 Å². The van der Waals surface area contributed by atoms with Crippen molar-refractivity contribution in [1.82, 2.24) is 5.32 Å². The molecule has 2 rings (SSSR count). The molecular formula is C18H20N2O3. The quantitative estimate of drug-likeness (QED) is 0.563. The number of carbonyl (C=O) groups is 2. The zero-order valence-corrected chi connectivity index (χ0v) is 13.2. The van der Waals surface area contributed by atoms with E-state index in [-0.39, 0.29) is 12.3 Å². The number of nitrogen functional groups attached to an aromatic ring is 1. The lowest BCUT2D eigenvalue weighted by Crippen LogP contribution is -2.46. The highest BCUT2D eigenvalue weighted by Gasteiger charge is 2.26. The first-order valence-electron chi connectivity index (χ1n) is 7.28. The lowest BCUT2D eigenvalue weighted by molar-refractivity contribution is -0.143. The molecule has 2 aromatic rings. The number of carboxylic acids is 1. The van der Waals surface area contributed by atoms with E-state index < -0.39 is 11.5 Å². The lowest BCUT2D eigenvalue weighted by Gasteiger charge is -2.21. The average Bonchev–Trinajstić information content (AvgIpc) is 2.54. The van der Waals surface area contributed by atoms with Crippen LogP contribution < -0.4 is 11.1 Å². The van der Waals surface area contributed by atoms with Gasteiger partial charge in [-0.25, -0.2) is 0 Å². The summed E-state index contributed by atoms with van der Waals surface area (Å²) in [5.74, 6) is -1.04. The molecule has 0 amide bonds. The van der Waals surface area contributed by atoms with E-state index in [1.807, 2.05) is 18.2 Å². The Hall–Kier alpha value is -2.66. The highest BCUT2D eigenvalue weighted by atomic mass is 16.4. The molecule has 5 heteroatoms. The summed E-state index contributed by atoms with van der Waals surface area (Å²) >= 11 is 0. The minimum Gasteiger partial charge on any atom is -0.480 e. The maximum Gasteiger partial charge on any atom is 0.323 e. The molecule has 0 saturated carbocycles. The van der Waals surface area contributed by atoms with Crippen molar-refractivity contribution in [2.24, 2.45) is 0 Å². The smallest absolute Gasteiger partial charge is 0.323 e. The highest BCUT2D eigenvalue weighted by molar-refractivity contribution is 6.09. The Labute approximate surface area is 135 Å². The Bertz CT molecular complexity index is 724. The van der Waals surface area contributed by atoms with Gasteiger partial charge < -0.3 is 10.8 Å². The number of nitrogens with two attached hydrogens (primary N) is 1. The molecule has 120 valence electrons. The van der Waals surface area contributed by atoms with Crippen molar-refractivity contribution in [2.45, 2.75) is 25.9 Å². The second kappa shape index (κ2) is 6.62. The second-order valence-corrected chi connectivity index (χ2v) is 5.89. The zero-order valence-electron chi connectivity index (χ0n) is 13.2.